The number of thiophene rings is 1. The molecule has 0 aliphatic carbocycles. The van der Waals surface area contributed by atoms with E-state index in [-0.39, 0.29) is 11.6 Å². The Morgan fingerprint density at radius 3 is 2.74 bits per heavy atom. The Balaban J connectivity index is 2.15. The van der Waals surface area contributed by atoms with Crippen molar-refractivity contribution >= 4 is 29.9 Å². The minimum Gasteiger partial charge on any atom is -0.345 e. The molecule has 2 nitrogen and oxygen atoms in total. The molecule has 0 aliphatic heterocycles. The predicted octanol–water partition coefficient (Wildman–Crippen LogP) is 3.98. The third kappa shape index (κ3) is 3.36. The Labute approximate surface area is 121 Å². The fraction of sp³-hybridized carbons (Fsp3) is 0.214. The molecule has 5 heteroatoms. The van der Waals surface area contributed by atoms with E-state index in [0.717, 1.165) is 4.88 Å². The number of hydrogen-bond acceptors (Lipinski definition) is 3. The molecule has 1 aromatic carbocycles. The molecule has 0 fully saturated rings. The molecule has 19 heavy (non-hydrogen) atoms. The SMILES string of the molecule is Cc1ccc(C(C)NC(=O)c2cc(S)ccc2F)s1. The molecule has 100 valence electrons. The number of nitrogens with one attached hydrogen (secondary N) is 1. The number of halogens is 1. The molecule has 0 saturated carbocycles. The third-order valence-electron chi connectivity index (χ3n) is 2.73. The molecular weight excluding hydrogens is 281 g/mol. The number of amides is 1. The molecule has 1 atom stereocenters. The van der Waals surface area contributed by atoms with Gasteiger partial charge < -0.3 is 5.32 Å². The van der Waals surface area contributed by atoms with Crippen molar-refractivity contribution in [2.45, 2.75) is 24.8 Å². The number of hydrogen-bond donors (Lipinski definition) is 2. The number of thiol groups is 1. The third-order valence-corrected chi connectivity index (χ3v) is 4.19. The van der Waals surface area contributed by atoms with Crippen LogP contribution in [0.4, 0.5) is 4.39 Å². The van der Waals surface area contributed by atoms with Gasteiger partial charge in [-0.15, -0.1) is 24.0 Å². The van der Waals surface area contributed by atoms with Gasteiger partial charge in [0, 0.05) is 14.6 Å². The summed E-state index contributed by atoms with van der Waals surface area (Å²) in [5.41, 5.74) is 0.0210. The van der Waals surface area contributed by atoms with E-state index in [9.17, 15) is 9.18 Å². The summed E-state index contributed by atoms with van der Waals surface area (Å²) in [5, 5.41) is 2.79. The molecule has 1 unspecified atom stereocenters. The Hall–Kier alpha value is -1.33. The second-order valence-corrected chi connectivity index (χ2v) is 6.14. The van der Waals surface area contributed by atoms with Crippen LogP contribution in [0.15, 0.2) is 35.2 Å². The zero-order chi connectivity index (χ0) is 14.0. The van der Waals surface area contributed by atoms with Crippen molar-refractivity contribution in [3.63, 3.8) is 0 Å². The molecule has 1 heterocycles. The van der Waals surface area contributed by atoms with Crippen LogP contribution in [0.3, 0.4) is 0 Å². The first-order chi connectivity index (χ1) is 8.97. The zero-order valence-corrected chi connectivity index (χ0v) is 12.3. The number of aryl methyl sites for hydroxylation is 1. The monoisotopic (exact) mass is 295 g/mol. The highest BCUT2D eigenvalue weighted by atomic mass is 32.1. The molecule has 0 spiro atoms. The predicted molar refractivity (Wildman–Crippen MR) is 78.6 cm³/mol. The summed E-state index contributed by atoms with van der Waals surface area (Å²) in [4.78, 5) is 14.8. The maximum atomic E-state index is 13.6. The number of rotatable bonds is 3. The Kier molecular flexibility index (Phi) is 4.27. The Morgan fingerprint density at radius 1 is 1.37 bits per heavy atom. The van der Waals surface area contributed by atoms with Crippen LogP contribution in [0, 0.1) is 12.7 Å². The van der Waals surface area contributed by atoms with Crippen molar-refractivity contribution < 1.29 is 9.18 Å². The second kappa shape index (κ2) is 5.75. The summed E-state index contributed by atoms with van der Waals surface area (Å²) >= 11 is 5.73. The first kappa shape index (κ1) is 14.1. The molecule has 1 aromatic heterocycles. The van der Waals surface area contributed by atoms with Crippen molar-refractivity contribution in [1.82, 2.24) is 5.32 Å². The van der Waals surface area contributed by atoms with E-state index in [1.165, 1.54) is 23.1 Å². The highest BCUT2D eigenvalue weighted by Gasteiger charge is 2.16. The van der Waals surface area contributed by atoms with Crippen LogP contribution in [-0.2, 0) is 0 Å². The van der Waals surface area contributed by atoms with Crippen molar-refractivity contribution in [2.75, 3.05) is 0 Å². The van der Waals surface area contributed by atoms with Gasteiger partial charge in [0.15, 0.2) is 0 Å². The summed E-state index contributed by atoms with van der Waals surface area (Å²) in [6.45, 7) is 3.89. The van der Waals surface area contributed by atoms with Gasteiger partial charge in [-0.2, -0.15) is 0 Å². The van der Waals surface area contributed by atoms with Crippen LogP contribution >= 0.6 is 24.0 Å². The molecule has 0 saturated heterocycles. The summed E-state index contributed by atoms with van der Waals surface area (Å²) < 4.78 is 13.6. The van der Waals surface area contributed by atoms with Crippen molar-refractivity contribution in [1.29, 1.82) is 0 Å². The van der Waals surface area contributed by atoms with Gasteiger partial charge in [0.25, 0.3) is 5.91 Å². The topological polar surface area (TPSA) is 29.1 Å². The van der Waals surface area contributed by atoms with Gasteiger partial charge in [-0.25, -0.2) is 4.39 Å². The lowest BCUT2D eigenvalue weighted by atomic mass is 10.1. The van der Waals surface area contributed by atoms with E-state index >= 15 is 0 Å². The molecule has 2 aromatic rings. The summed E-state index contributed by atoms with van der Waals surface area (Å²) in [6.07, 6.45) is 0. The van der Waals surface area contributed by atoms with Gasteiger partial charge in [-0.05, 0) is 44.2 Å². The van der Waals surface area contributed by atoms with Crippen molar-refractivity contribution in [2.24, 2.45) is 0 Å². The maximum absolute atomic E-state index is 13.6. The van der Waals surface area contributed by atoms with E-state index in [2.05, 4.69) is 17.9 Å². The highest BCUT2D eigenvalue weighted by molar-refractivity contribution is 7.80. The number of carbonyl (C=O) groups is 1. The van der Waals surface area contributed by atoms with Crippen LogP contribution in [0.5, 0.6) is 0 Å². The molecule has 0 aliphatic rings. The van der Waals surface area contributed by atoms with Gasteiger partial charge in [-0.3, -0.25) is 4.79 Å². The average molecular weight is 295 g/mol. The van der Waals surface area contributed by atoms with E-state index in [4.69, 9.17) is 0 Å². The summed E-state index contributed by atoms with van der Waals surface area (Å²) in [5.74, 6) is -0.961. The summed E-state index contributed by atoms with van der Waals surface area (Å²) in [7, 11) is 0. The first-order valence-electron chi connectivity index (χ1n) is 5.83. The number of benzene rings is 1. The minimum absolute atomic E-state index is 0.0210. The van der Waals surface area contributed by atoms with Crippen molar-refractivity contribution in [3.05, 3.63) is 51.5 Å². The van der Waals surface area contributed by atoms with E-state index in [1.54, 1.807) is 11.3 Å². The van der Waals surface area contributed by atoms with Gasteiger partial charge >= 0.3 is 0 Å². The van der Waals surface area contributed by atoms with Gasteiger partial charge in [0.2, 0.25) is 0 Å². The number of carbonyl (C=O) groups excluding carboxylic acids is 1. The van der Waals surface area contributed by atoms with Crippen LogP contribution in [0.1, 0.15) is 33.1 Å². The minimum atomic E-state index is -0.537. The Morgan fingerprint density at radius 2 is 2.11 bits per heavy atom. The molecule has 0 bridgehead atoms. The molecule has 2 rings (SSSR count). The highest BCUT2D eigenvalue weighted by Crippen LogP contribution is 2.23. The first-order valence-corrected chi connectivity index (χ1v) is 7.09. The second-order valence-electron chi connectivity index (χ2n) is 4.31. The fourth-order valence-corrected chi connectivity index (χ4v) is 2.80. The van der Waals surface area contributed by atoms with E-state index < -0.39 is 11.7 Å². The van der Waals surface area contributed by atoms with E-state index in [0.29, 0.717) is 4.90 Å². The van der Waals surface area contributed by atoms with Gasteiger partial charge in [0.05, 0.1) is 11.6 Å². The largest absolute Gasteiger partial charge is 0.345 e. The maximum Gasteiger partial charge on any atom is 0.254 e. The standard InChI is InChI=1S/C14H14FNOS2/c1-8-3-6-13(19-8)9(2)16-14(17)11-7-10(18)4-5-12(11)15/h3-7,9,18H,1-2H3,(H,16,17). The van der Waals surface area contributed by atoms with Gasteiger partial charge in [0.1, 0.15) is 5.82 Å². The quantitative estimate of drug-likeness (QED) is 0.824. The zero-order valence-electron chi connectivity index (χ0n) is 10.6. The van der Waals surface area contributed by atoms with Crippen LogP contribution in [-0.4, -0.2) is 5.91 Å². The normalized spacial score (nSPS) is 12.2. The van der Waals surface area contributed by atoms with Crippen LogP contribution in [0.25, 0.3) is 0 Å². The molecule has 1 N–H and O–H groups in total. The molecular formula is C14H14FNOS2. The lowest BCUT2D eigenvalue weighted by molar-refractivity contribution is 0.0936. The van der Waals surface area contributed by atoms with Gasteiger partial charge in [-0.1, -0.05) is 0 Å². The van der Waals surface area contributed by atoms with E-state index in [1.807, 2.05) is 26.0 Å². The van der Waals surface area contributed by atoms with Crippen LogP contribution in [0.2, 0.25) is 0 Å². The van der Waals surface area contributed by atoms with Crippen LogP contribution < -0.4 is 5.32 Å². The van der Waals surface area contributed by atoms with Crippen molar-refractivity contribution in [3.8, 4) is 0 Å². The Bertz CT molecular complexity index is 609. The summed E-state index contributed by atoms with van der Waals surface area (Å²) in [6, 6.07) is 8.02. The fourth-order valence-electron chi connectivity index (χ4n) is 1.72. The smallest absolute Gasteiger partial charge is 0.254 e. The molecule has 0 radical (unpaired) electrons. The lowest BCUT2D eigenvalue weighted by Crippen LogP contribution is -2.27. The molecule has 1 amide bonds. The average Bonchev–Trinajstić information content (AvgIpc) is 2.79. The lowest BCUT2D eigenvalue weighted by Gasteiger charge is -2.13.